The monoisotopic (exact) mass is 385 g/mol. The minimum Gasteiger partial charge on any atom is -0.497 e. The second-order valence-electron chi connectivity index (χ2n) is 6.37. The molecule has 0 radical (unpaired) electrons. The van der Waals surface area contributed by atoms with Crippen molar-refractivity contribution < 1.29 is 9.47 Å². The fourth-order valence-electron chi connectivity index (χ4n) is 2.45. The van der Waals surface area contributed by atoms with E-state index in [1.54, 1.807) is 25.3 Å². The van der Waals surface area contributed by atoms with Crippen LogP contribution in [0.5, 0.6) is 0 Å². The van der Waals surface area contributed by atoms with E-state index in [1.165, 1.54) is 0 Å². The number of rotatable bonds is 3. The first kappa shape index (κ1) is 21.3. The van der Waals surface area contributed by atoms with Gasteiger partial charge >= 0.3 is 0 Å². The molecule has 0 saturated heterocycles. The third-order valence-electron chi connectivity index (χ3n) is 3.91. The Morgan fingerprint density at radius 1 is 1.03 bits per heavy atom. The third kappa shape index (κ3) is 6.93. The molecule has 0 N–H and O–H groups in total. The van der Waals surface area contributed by atoms with Crippen molar-refractivity contribution in [3.63, 3.8) is 0 Å². The predicted octanol–water partition coefficient (Wildman–Crippen LogP) is 5.01. The summed E-state index contributed by atoms with van der Waals surface area (Å²) in [6.07, 6.45) is 14.6. The predicted molar refractivity (Wildman–Crippen MR) is 115 cm³/mol. The van der Waals surface area contributed by atoms with Crippen LogP contribution >= 0.6 is 0 Å². The molecule has 0 spiro atoms. The second-order valence-corrected chi connectivity index (χ2v) is 6.37. The molecular weight excluding hydrogens is 362 g/mol. The number of benzene rings is 1. The molecule has 1 aromatic rings. The molecule has 146 valence electrons. The van der Waals surface area contributed by atoms with Gasteiger partial charge in [-0.3, -0.25) is 0 Å². The quantitative estimate of drug-likeness (QED) is 0.684. The average Bonchev–Trinajstić information content (AvgIpc) is 2.75. The molecule has 3 rings (SSSR count). The van der Waals surface area contributed by atoms with Gasteiger partial charge in [0.25, 0.3) is 0 Å². The first-order chi connectivity index (χ1) is 14.0. The zero-order valence-electron chi connectivity index (χ0n) is 16.8. The molecule has 5 heteroatoms. The van der Waals surface area contributed by atoms with Crippen molar-refractivity contribution in [2.24, 2.45) is 0 Å². The number of hydrogen-bond acceptors (Lipinski definition) is 5. The van der Waals surface area contributed by atoms with Crippen LogP contribution in [0.15, 0.2) is 89.6 Å². The molecule has 0 amide bonds. The Hall–Kier alpha value is -3.96. The Morgan fingerprint density at radius 2 is 1.76 bits per heavy atom. The molecule has 0 aromatic heterocycles. The van der Waals surface area contributed by atoms with Gasteiger partial charge in [-0.1, -0.05) is 24.3 Å². The van der Waals surface area contributed by atoms with Crippen LogP contribution in [-0.4, -0.2) is 20.7 Å². The number of nitriles is 2. The first-order valence-corrected chi connectivity index (χ1v) is 9.04. The van der Waals surface area contributed by atoms with Crippen molar-refractivity contribution in [1.29, 1.82) is 10.5 Å². The molecule has 0 unspecified atom stereocenters. The largest absolute Gasteiger partial charge is 0.497 e. The number of hydrogen-bond donors (Lipinski definition) is 0. The normalized spacial score (nSPS) is 14.3. The lowest BCUT2D eigenvalue weighted by Gasteiger charge is -2.13. The molecule has 2 heterocycles. The van der Waals surface area contributed by atoms with Crippen LogP contribution in [0.4, 0.5) is 5.69 Å². The van der Waals surface area contributed by atoms with Crippen molar-refractivity contribution in [3.8, 4) is 12.1 Å². The van der Waals surface area contributed by atoms with Gasteiger partial charge < -0.3 is 14.4 Å². The van der Waals surface area contributed by atoms with Gasteiger partial charge in [-0.25, -0.2) is 0 Å². The fourth-order valence-corrected chi connectivity index (χ4v) is 2.45. The van der Waals surface area contributed by atoms with Crippen LogP contribution in [0.1, 0.15) is 12.5 Å². The Bertz CT molecular complexity index is 948. The van der Waals surface area contributed by atoms with E-state index in [-0.39, 0.29) is 5.57 Å². The molecular formula is C24H23N3O2. The highest BCUT2D eigenvalue weighted by Gasteiger charge is 2.10. The molecule has 2 aliphatic rings. The summed E-state index contributed by atoms with van der Waals surface area (Å²) in [5.41, 5.74) is 2.82. The van der Waals surface area contributed by atoms with Crippen molar-refractivity contribution in [1.82, 2.24) is 0 Å². The van der Waals surface area contributed by atoms with Crippen molar-refractivity contribution in [2.75, 3.05) is 25.6 Å². The van der Waals surface area contributed by atoms with Crippen LogP contribution < -0.4 is 4.90 Å². The van der Waals surface area contributed by atoms with Gasteiger partial charge in [0.1, 0.15) is 35.8 Å². The number of anilines is 1. The maximum Gasteiger partial charge on any atom is 0.137 e. The third-order valence-corrected chi connectivity index (χ3v) is 3.91. The summed E-state index contributed by atoms with van der Waals surface area (Å²) < 4.78 is 10.4. The Labute approximate surface area is 172 Å². The van der Waals surface area contributed by atoms with Gasteiger partial charge in [0.05, 0.1) is 6.26 Å². The highest BCUT2D eigenvalue weighted by molar-refractivity contribution is 5.59. The van der Waals surface area contributed by atoms with Crippen LogP contribution in [0.3, 0.4) is 0 Å². The molecule has 2 aliphatic heterocycles. The molecule has 0 atom stereocenters. The Kier molecular flexibility index (Phi) is 8.10. The van der Waals surface area contributed by atoms with Crippen LogP contribution in [0, 0.1) is 22.7 Å². The van der Waals surface area contributed by atoms with Crippen LogP contribution in [0.2, 0.25) is 0 Å². The smallest absolute Gasteiger partial charge is 0.137 e. The lowest BCUT2D eigenvalue weighted by atomic mass is 10.1. The van der Waals surface area contributed by atoms with Crippen molar-refractivity contribution >= 4 is 11.8 Å². The van der Waals surface area contributed by atoms with E-state index in [9.17, 15) is 0 Å². The van der Waals surface area contributed by atoms with Gasteiger partial charge in [0, 0.05) is 25.4 Å². The maximum absolute atomic E-state index is 8.98. The number of allylic oxidation sites excluding steroid dienone is 8. The molecule has 0 fully saturated rings. The topological polar surface area (TPSA) is 69.3 Å². The number of ether oxygens (including phenoxy) is 2. The maximum atomic E-state index is 8.98. The van der Waals surface area contributed by atoms with E-state index in [0.717, 1.165) is 17.9 Å². The summed E-state index contributed by atoms with van der Waals surface area (Å²) in [7, 11) is 3.99. The summed E-state index contributed by atoms with van der Waals surface area (Å²) in [6, 6.07) is 11.9. The summed E-state index contributed by atoms with van der Waals surface area (Å²) >= 11 is 0. The molecule has 0 saturated carbocycles. The minimum atomic E-state index is 0.0777. The zero-order chi connectivity index (χ0) is 21.1. The average molecular weight is 385 g/mol. The Balaban J connectivity index is 0.000000426. The molecule has 1 aromatic carbocycles. The molecule has 0 bridgehead atoms. The van der Waals surface area contributed by atoms with Gasteiger partial charge in [-0.15, -0.1) is 0 Å². The van der Waals surface area contributed by atoms with Crippen LogP contribution in [0.25, 0.3) is 6.08 Å². The zero-order valence-corrected chi connectivity index (χ0v) is 16.8. The highest BCUT2D eigenvalue weighted by atomic mass is 16.5. The van der Waals surface area contributed by atoms with Gasteiger partial charge in [0.15, 0.2) is 0 Å². The van der Waals surface area contributed by atoms with E-state index in [0.29, 0.717) is 17.1 Å². The summed E-state index contributed by atoms with van der Waals surface area (Å²) in [5, 5.41) is 18.0. The summed E-state index contributed by atoms with van der Waals surface area (Å²) in [5.74, 6) is 1.24. The SMILES string of the molecule is C1=CCOC=C1.CC1=CC(=C(C#N)C#N)C=C(C=Cc2ccc(N(C)C)cc2)O1. The van der Waals surface area contributed by atoms with E-state index < -0.39 is 0 Å². The van der Waals surface area contributed by atoms with Crippen molar-refractivity contribution in [2.45, 2.75) is 6.92 Å². The van der Waals surface area contributed by atoms with Crippen LogP contribution in [-0.2, 0) is 9.47 Å². The first-order valence-electron chi connectivity index (χ1n) is 9.04. The highest BCUT2D eigenvalue weighted by Crippen LogP contribution is 2.23. The second kappa shape index (κ2) is 11.0. The van der Waals surface area contributed by atoms with Gasteiger partial charge in [-0.05, 0) is 55.0 Å². The standard InChI is InChI=1S/C19H17N3O.C5H6O/c1-14-10-16(17(12-20)13-21)11-19(23-14)9-6-15-4-7-18(8-5-15)22(2)3;1-2-4-6-5-3-1/h4-11H,1-3H3;1-4H,5H2. The molecule has 5 nitrogen and oxygen atoms in total. The van der Waals surface area contributed by atoms with E-state index >= 15 is 0 Å². The fraction of sp³-hybridized carbons (Fsp3) is 0.167. The number of nitrogens with zero attached hydrogens (tertiary/aromatic N) is 3. The van der Waals surface area contributed by atoms with E-state index in [4.69, 9.17) is 20.0 Å². The molecule has 29 heavy (non-hydrogen) atoms. The van der Waals surface area contributed by atoms with E-state index in [1.807, 2.05) is 85.8 Å². The van der Waals surface area contributed by atoms with Crippen molar-refractivity contribution in [3.05, 3.63) is 95.2 Å². The van der Waals surface area contributed by atoms with E-state index in [2.05, 4.69) is 0 Å². The van der Waals surface area contributed by atoms with Gasteiger partial charge in [-0.2, -0.15) is 10.5 Å². The summed E-state index contributed by atoms with van der Waals surface area (Å²) in [4.78, 5) is 2.04. The Morgan fingerprint density at radius 3 is 2.24 bits per heavy atom. The lowest BCUT2D eigenvalue weighted by molar-refractivity contribution is 0.286. The molecule has 0 aliphatic carbocycles. The summed E-state index contributed by atoms with van der Waals surface area (Å²) in [6.45, 7) is 2.52. The minimum absolute atomic E-state index is 0.0777. The lowest BCUT2D eigenvalue weighted by Crippen LogP contribution is -2.07. The van der Waals surface area contributed by atoms with Gasteiger partial charge in [0.2, 0.25) is 0 Å².